The predicted molar refractivity (Wildman–Crippen MR) is 123 cm³/mol. The molecule has 0 N–H and O–H groups in total. The van der Waals surface area contributed by atoms with Crippen molar-refractivity contribution in [2.75, 3.05) is 0 Å². The molecule has 0 unspecified atom stereocenters. The lowest BCUT2D eigenvalue weighted by Gasteiger charge is -2.22. The average molecular weight is 421 g/mol. The van der Waals surface area contributed by atoms with Crippen LogP contribution >= 0.6 is 11.3 Å². The van der Waals surface area contributed by atoms with Gasteiger partial charge < -0.3 is 0 Å². The average Bonchev–Trinajstić information content (AvgIpc) is 3.11. The van der Waals surface area contributed by atoms with Crippen LogP contribution in [-0.2, 0) is 12.0 Å². The Morgan fingerprint density at radius 1 is 1.07 bits per heavy atom. The molecule has 3 nitrogen and oxygen atoms in total. The van der Waals surface area contributed by atoms with Gasteiger partial charge in [0.1, 0.15) is 10.6 Å². The highest BCUT2D eigenvalue weighted by Crippen LogP contribution is 2.31. The van der Waals surface area contributed by atoms with E-state index in [4.69, 9.17) is 0 Å². The Morgan fingerprint density at radius 2 is 1.70 bits per heavy atom. The van der Waals surface area contributed by atoms with E-state index in [9.17, 15) is 9.18 Å². The SMILES string of the molecule is Cc1cc(C(C)(C)C)cc(C)c1Cn1cnc2scc(-c3ccc(F)cc3)c2c1=O. The Morgan fingerprint density at radius 3 is 2.30 bits per heavy atom. The van der Waals surface area contributed by atoms with Crippen LogP contribution in [0.2, 0.25) is 0 Å². The fourth-order valence-electron chi connectivity index (χ4n) is 3.77. The van der Waals surface area contributed by atoms with Gasteiger partial charge in [-0.15, -0.1) is 11.3 Å². The van der Waals surface area contributed by atoms with Gasteiger partial charge in [0, 0.05) is 10.9 Å². The van der Waals surface area contributed by atoms with Gasteiger partial charge in [0.25, 0.3) is 5.56 Å². The molecule has 2 heterocycles. The van der Waals surface area contributed by atoms with E-state index >= 15 is 0 Å². The Kier molecular flexibility index (Phi) is 5.10. The summed E-state index contributed by atoms with van der Waals surface area (Å²) in [5, 5.41) is 2.52. The van der Waals surface area contributed by atoms with Crippen molar-refractivity contribution in [3.8, 4) is 11.1 Å². The molecular weight excluding hydrogens is 395 g/mol. The van der Waals surface area contributed by atoms with Crippen LogP contribution < -0.4 is 5.56 Å². The Bertz CT molecular complexity index is 1270. The number of rotatable bonds is 3. The second kappa shape index (κ2) is 7.47. The highest BCUT2D eigenvalue weighted by molar-refractivity contribution is 7.17. The number of aryl methyl sites for hydroxylation is 2. The molecule has 2 aromatic heterocycles. The van der Waals surface area contributed by atoms with Gasteiger partial charge in [0.15, 0.2) is 0 Å². The van der Waals surface area contributed by atoms with Gasteiger partial charge in [0.05, 0.1) is 18.3 Å². The minimum absolute atomic E-state index is 0.0701. The van der Waals surface area contributed by atoms with Crippen LogP contribution in [-0.4, -0.2) is 9.55 Å². The van der Waals surface area contributed by atoms with E-state index in [0.717, 1.165) is 16.7 Å². The minimum atomic E-state index is -0.293. The van der Waals surface area contributed by atoms with Crippen molar-refractivity contribution in [2.45, 2.75) is 46.6 Å². The molecule has 0 aliphatic rings. The minimum Gasteiger partial charge on any atom is -0.294 e. The summed E-state index contributed by atoms with van der Waals surface area (Å²) in [6, 6.07) is 10.7. The summed E-state index contributed by atoms with van der Waals surface area (Å²) in [6.45, 7) is 11.3. The molecule has 2 aromatic carbocycles. The molecule has 0 amide bonds. The van der Waals surface area contributed by atoms with Gasteiger partial charge in [0.2, 0.25) is 0 Å². The maximum absolute atomic E-state index is 13.4. The van der Waals surface area contributed by atoms with E-state index in [-0.39, 0.29) is 16.8 Å². The van der Waals surface area contributed by atoms with Crippen molar-refractivity contribution in [1.29, 1.82) is 0 Å². The van der Waals surface area contributed by atoms with Crippen molar-refractivity contribution in [1.82, 2.24) is 9.55 Å². The molecule has 0 atom stereocenters. The summed E-state index contributed by atoms with van der Waals surface area (Å²) in [4.78, 5) is 18.6. The zero-order chi connectivity index (χ0) is 21.6. The maximum atomic E-state index is 13.4. The first-order valence-corrected chi connectivity index (χ1v) is 10.9. The van der Waals surface area contributed by atoms with Crippen LogP contribution in [0.3, 0.4) is 0 Å². The first-order chi connectivity index (χ1) is 14.1. The number of benzene rings is 2. The molecule has 0 aliphatic heterocycles. The monoisotopic (exact) mass is 420 g/mol. The number of hydrogen-bond acceptors (Lipinski definition) is 3. The summed E-state index contributed by atoms with van der Waals surface area (Å²) >= 11 is 1.43. The number of fused-ring (bicyclic) bond motifs is 1. The summed E-state index contributed by atoms with van der Waals surface area (Å²) < 4.78 is 15.0. The third-order valence-electron chi connectivity index (χ3n) is 5.61. The van der Waals surface area contributed by atoms with E-state index in [1.165, 1.54) is 40.2 Å². The van der Waals surface area contributed by atoms with Crippen LogP contribution in [0.25, 0.3) is 21.3 Å². The van der Waals surface area contributed by atoms with Gasteiger partial charge in [-0.2, -0.15) is 0 Å². The largest absolute Gasteiger partial charge is 0.294 e. The second-order valence-corrected chi connectivity index (χ2v) is 9.71. The van der Waals surface area contributed by atoms with Crippen LogP contribution in [0.4, 0.5) is 4.39 Å². The van der Waals surface area contributed by atoms with E-state index in [2.05, 4.69) is 51.7 Å². The van der Waals surface area contributed by atoms with Gasteiger partial charge >= 0.3 is 0 Å². The van der Waals surface area contributed by atoms with Gasteiger partial charge in [-0.3, -0.25) is 9.36 Å². The molecule has 154 valence electrons. The van der Waals surface area contributed by atoms with Crippen molar-refractivity contribution < 1.29 is 4.39 Å². The number of aromatic nitrogens is 2. The van der Waals surface area contributed by atoms with E-state index in [1.54, 1.807) is 23.0 Å². The smallest absolute Gasteiger partial charge is 0.263 e. The summed E-state index contributed by atoms with van der Waals surface area (Å²) in [7, 11) is 0. The van der Waals surface area contributed by atoms with Crippen LogP contribution in [0.5, 0.6) is 0 Å². The Labute approximate surface area is 179 Å². The van der Waals surface area contributed by atoms with Crippen molar-refractivity contribution in [2.24, 2.45) is 0 Å². The molecule has 0 saturated carbocycles. The molecule has 0 radical (unpaired) electrons. The zero-order valence-electron chi connectivity index (χ0n) is 17.9. The van der Waals surface area contributed by atoms with Crippen molar-refractivity contribution >= 4 is 21.6 Å². The van der Waals surface area contributed by atoms with Gasteiger partial charge in [-0.25, -0.2) is 9.37 Å². The van der Waals surface area contributed by atoms with E-state index in [0.29, 0.717) is 16.8 Å². The molecule has 0 saturated heterocycles. The maximum Gasteiger partial charge on any atom is 0.263 e. The normalized spacial score (nSPS) is 11.9. The molecule has 0 fully saturated rings. The zero-order valence-corrected chi connectivity index (χ0v) is 18.7. The molecule has 4 aromatic rings. The second-order valence-electron chi connectivity index (χ2n) is 8.85. The fourth-order valence-corrected chi connectivity index (χ4v) is 4.67. The number of thiophene rings is 1. The van der Waals surface area contributed by atoms with Crippen LogP contribution in [0.15, 0.2) is 52.9 Å². The lowest BCUT2D eigenvalue weighted by Crippen LogP contribution is -2.22. The lowest BCUT2D eigenvalue weighted by atomic mass is 9.84. The molecule has 30 heavy (non-hydrogen) atoms. The highest BCUT2D eigenvalue weighted by Gasteiger charge is 2.18. The van der Waals surface area contributed by atoms with Gasteiger partial charge in [-0.1, -0.05) is 45.0 Å². The molecule has 0 bridgehead atoms. The van der Waals surface area contributed by atoms with Crippen molar-refractivity contribution in [3.05, 3.63) is 86.5 Å². The van der Waals surface area contributed by atoms with Crippen molar-refractivity contribution in [3.63, 3.8) is 0 Å². The van der Waals surface area contributed by atoms with E-state index in [1.807, 2.05) is 5.38 Å². The molecule has 5 heteroatoms. The molecule has 0 aliphatic carbocycles. The third-order valence-corrected chi connectivity index (χ3v) is 6.49. The van der Waals surface area contributed by atoms with Crippen LogP contribution in [0.1, 0.15) is 43.0 Å². The number of halogens is 1. The molecule has 0 spiro atoms. The molecule has 4 rings (SSSR count). The molecular formula is C25H25FN2OS. The number of hydrogen-bond donors (Lipinski definition) is 0. The Hall–Kier alpha value is -2.79. The van der Waals surface area contributed by atoms with E-state index < -0.39 is 0 Å². The standard InChI is InChI=1S/C25H25FN2OS/c1-15-10-18(25(3,4)5)11-16(2)20(15)12-28-14-27-23-22(24(28)29)21(13-30-23)17-6-8-19(26)9-7-17/h6-11,13-14H,12H2,1-5H3. The summed E-state index contributed by atoms with van der Waals surface area (Å²) in [6.07, 6.45) is 1.63. The summed E-state index contributed by atoms with van der Waals surface area (Å²) in [5.41, 5.74) is 6.42. The van der Waals surface area contributed by atoms with Crippen LogP contribution in [0, 0.1) is 19.7 Å². The highest BCUT2D eigenvalue weighted by atomic mass is 32.1. The predicted octanol–water partition coefficient (Wildman–Crippen LogP) is 6.23. The topological polar surface area (TPSA) is 34.9 Å². The summed E-state index contributed by atoms with van der Waals surface area (Å²) in [5.74, 6) is -0.293. The number of nitrogens with zero attached hydrogens (tertiary/aromatic N) is 2. The third kappa shape index (κ3) is 3.70. The first-order valence-electron chi connectivity index (χ1n) is 9.98. The Balaban J connectivity index is 1.80. The lowest BCUT2D eigenvalue weighted by molar-refractivity contribution is 0.588. The quantitative estimate of drug-likeness (QED) is 0.394. The fraction of sp³-hybridized carbons (Fsp3) is 0.280. The van der Waals surface area contributed by atoms with Gasteiger partial charge in [-0.05, 0) is 59.2 Å². The first kappa shape index (κ1) is 20.5.